The number of hydrogen-bond donors (Lipinski definition) is 4. The molecular weight excluding hydrogens is 487 g/mol. The van der Waals surface area contributed by atoms with Gasteiger partial charge in [0.25, 0.3) is 5.91 Å². The van der Waals surface area contributed by atoms with E-state index in [1.807, 2.05) is 0 Å². The number of halogens is 3. The molecule has 1 fully saturated rings. The van der Waals surface area contributed by atoms with E-state index in [1.165, 1.54) is 18.3 Å². The zero-order chi connectivity index (χ0) is 24.7. The Morgan fingerprint density at radius 1 is 1.34 bits per heavy atom. The lowest BCUT2D eigenvalue weighted by molar-refractivity contribution is -0.132. The number of imidazole rings is 1. The second-order valence-electron chi connectivity index (χ2n) is 7.97. The number of carbonyl (C=O) groups excluding carboxylic acids is 1. The van der Waals surface area contributed by atoms with Crippen molar-refractivity contribution < 1.29 is 23.1 Å². The van der Waals surface area contributed by atoms with Crippen molar-refractivity contribution in [2.45, 2.75) is 31.5 Å². The predicted molar refractivity (Wildman–Crippen MR) is 120 cm³/mol. The number of amides is 1. The highest BCUT2D eigenvalue weighted by Crippen LogP contribution is 2.27. The first-order chi connectivity index (χ1) is 16.7. The number of nitrogens with zero attached hydrogens (tertiary/aromatic N) is 4. The molecule has 0 atom stereocenters. The summed E-state index contributed by atoms with van der Waals surface area (Å²) in [6.45, 7) is -0.507. The van der Waals surface area contributed by atoms with Crippen LogP contribution in [0, 0.1) is 0 Å². The topological polar surface area (TPSA) is 141 Å². The lowest BCUT2D eigenvalue weighted by Crippen LogP contribution is -2.27. The molecule has 1 amide bonds. The van der Waals surface area contributed by atoms with Crippen molar-refractivity contribution in [1.29, 1.82) is 0 Å². The summed E-state index contributed by atoms with van der Waals surface area (Å²) in [4.78, 5) is 38.7. The molecule has 14 heteroatoms. The van der Waals surface area contributed by atoms with Crippen LogP contribution in [0.3, 0.4) is 0 Å². The van der Waals surface area contributed by atoms with Gasteiger partial charge in [-0.1, -0.05) is 0 Å². The molecule has 4 N–H and O–H groups in total. The van der Waals surface area contributed by atoms with E-state index in [0.717, 1.165) is 24.2 Å². The molecule has 4 heterocycles. The van der Waals surface area contributed by atoms with Crippen molar-refractivity contribution in [3.8, 4) is 16.5 Å². The molecule has 182 valence electrons. The molecular formula is C21H18F3N7O3S. The Hall–Kier alpha value is -3.94. The monoisotopic (exact) mass is 505 g/mol. The Labute approximate surface area is 197 Å². The van der Waals surface area contributed by atoms with Crippen LogP contribution >= 0.6 is 11.3 Å². The Balaban J connectivity index is 1.53. The zero-order valence-electron chi connectivity index (χ0n) is 17.9. The summed E-state index contributed by atoms with van der Waals surface area (Å²) < 4.78 is 38.6. The van der Waals surface area contributed by atoms with Gasteiger partial charge in [0, 0.05) is 17.8 Å². The number of hydrogen-bond acceptors (Lipinski definition) is 7. The fourth-order valence-corrected chi connectivity index (χ4v) is 4.21. The quantitative estimate of drug-likeness (QED) is 0.314. The summed E-state index contributed by atoms with van der Waals surface area (Å²) >= 11 is 1.09. The Morgan fingerprint density at radius 3 is 2.83 bits per heavy atom. The maximum absolute atomic E-state index is 12.4. The Morgan fingerprint density at radius 2 is 2.14 bits per heavy atom. The molecule has 10 nitrogen and oxygen atoms in total. The molecule has 0 saturated heterocycles. The number of aromatic nitrogens is 5. The second-order valence-corrected chi connectivity index (χ2v) is 9.05. The second kappa shape index (κ2) is 8.69. The van der Waals surface area contributed by atoms with Gasteiger partial charge in [0.1, 0.15) is 5.69 Å². The first kappa shape index (κ1) is 22.8. The molecule has 0 aliphatic heterocycles. The molecule has 4 aromatic rings. The fourth-order valence-electron chi connectivity index (χ4n) is 3.32. The van der Waals surface area contributed by atoms with Crippen LogP contribution in [-0.2, 0) is 0 Å². The average Bonchev–Trinajstić information content (AvgIpc) is 3.17. The minimum Gasteiger partial charge on any atom is -0.493 e. The summed E-state index contributed by atoms with van der Waals surface area (Å²) in [5.41, 5.74) is 1.05. The van der Waals surface area contributed by atoms with Crippen LogP contribution in [0.5, 0.6) is 5.88 Å². The molecule has 0 radical (unpaired) electrons. The first-order valence-electron chi connectivity index (χ1n) is 10.6. The van der Waals surface area contributed by atoms with Gasteiger partial charge in [0.2, 0.25) is 5.88 Å². The van der Waals surface area contributed by atoms with Gasteiger partial charge in [-0.05, 0) is 31.1 Å². The summed E-state index contributed by atoms with van der Waals surface area (Å²) in [5, 5.41) is 17.0. The lowest BCUT2D eigenvalue weighted by atomic mass is 10.3. The van der Waals surface area contributed by atoms with Crippen LogP contribution in [0.2, 0.25) is 0 Å². The van der Waals surface area contributed by atoms with Gasteiger partial charge in [0.15, 0.2) is 11.1 Å². The molecule has 0 aromatic carbocycles. The maximum atomic E-state index is 12.4. The number of rotatable bonds is 6. The van der Waals surface area contributed by atoms with Crippen molar-refractivity contribution in [2.75, 3.05) is 6.54 Å². The largest absolute Gasteiger partial charge is 0.493 e. The highest BCUT2D eigenvalue weighted by molar-refractivity contribution is 7.17. The smallest absolute Gasteiger partial charge is 0.390 e. The van der Waals surface area contributed by atoms with Gasteiger partial charge in [0.05, 0.1) is 34.1 Å². The maximum Gasteiger partial charge on any atom is 0.390 e. The SMILES string of the molecule is O=C(NCCC(F)(F)F)c1ccc(-c2cc(=NC3CC3)n3nc/c(=C\c4[nH]c(=O)[nH]c4O)c3n2)s1. The minimum atomic E-state index is -4.35. The van der Waals surface area contributed by atoms with E-state index in [-0.39, 0.29) is 22.5 Å². The third-order valence-corrected chi connectivity index (χ3v) is 6.26. The minimum absolute atomic E-state index is 0.159. The standard InChI is InChI=1S/C21H18F3N7O3S/c22-21(23,24)5-6-25-19(33)15-4-3-14(35-15)12-8-16(27-11-1-2-11)31-17(28-12)10(9-26-31)7-13-18(32)30-20(34)29-13/h3-4,7-9,11,32H,1-2,5-6H2,(H,25,33)(H2,29,30,34)/b10-7+,27-16?. The number of H-pyrrole nitrogens is 2. The molecule has 4 aromatic heterocycles. The fraction of sp³-hybridized carbons (Fsp3) is 0.286. The van der Waals surface area contributed by atoms with E-state index in [0.29, 0.717) is 26.9 Å². The van der Waals surface area contributed by atoms with E-state index >= 15 is 0 Å². The van der Waals surface area contributed by atoms with Crippen molar-refractivity contribution >= 4 is 29.0 Å². The highest BCUT2D eigenvalue weighted by atomic mass is 32.1. The van der Waals surface area contributed by atoms with Crippen molar-refractivity contribution in [1.82, 2.24) is 29.9 Å². The zero-order valence-corrected chi connectivity index (χ0v) is 18.7. The number of aromatic hydroxyl groups is 1. The van der Waals surface area contributed by atoms with Gasteiger partial charge in [-0.25, -0.2) is 9.78 Å². The Kier molecular flexibility index (Phi) is 5.67. The molecule has 1 aliphatic carbocycles. The van der Waals surface area contributed by atoms with Crippen LogP contribution in [0.25, 0.3) is 22.3 Å². The third-order valence-electron chi connectivity index (χ3n) is 5.15. The van der Waals surface area contributed by atoms with Gasteiger partial charge < -0.3 is 15.4 Å². The molecule has 1 aliphatic rings. The van der Waals surface area contributed by atoms with Crippen molar-refractivity contribution in [3.05, 3.63) is 56.2 Å². The van der Waals surface area contributed by atoms with E-state index in [4.69, 9.17) is 0 Å². The van der Waals surface area contributed by atoms with Crippen LogP contribution in [0.15, 0.2) is 34.2 Å². The number of thiophene rings is 1. The Bertz CT molecular complexity index is 1590. The molecule has 35 heavy (non-hydrogen) atoms. The summed E-state index contributed by atoms with van der Waals surface area (Å²) in [6.07, 6.45) is -0.501. The van der Waals surface area contributed by atoms with Gasteiger partial charge in [-0.3, -0.25) is 14.8 Å². The molecule has 5 rings (SSSR count). The van der Waals surface area contributed by atoms with Crippen LogP contribution in [0.4, 0.5) is 13.2 Å². The molecule has 0 spiro atoms. The van der Waals surface area contributed by atoms with Crippen LogP contribution in [0.1, 0.15) is 34.6 Å². The van der Waals surface area contributed by atoms with Gasteiger partial charge >= 0.3 is 11.9 Å². The number of fused-ring (bicyclic) bond motifs is 1. The third kappa shape index (κ3) is 5.11. The lowest BCUT2D eigenvalue weighted by Gasteiger charge is -2.06. The predicted octanol–water partition coefficient (Wildman–Crippen LogP) is 1.47. The summed E-state index contributed by atoms with van der Waals surface area (Å²) in [6, 6.07) is 5.10. The molecule has 1 saturated carbocycles. The average molecular weight is 505 g/mol. The van der Waals surface area contributed by atoms with E-state index in [1.54, 1.807) is 16.6 Å². The molecule has 0 unspecified atom stereocenters. The van der Waals surface area contributed by atoms with Crippen LogP contribution < -0.4 is 21.7 Å². The van der Waals surface area contributed by atoms with Gasteiger partial charge in [-0.15, -0.1) is 11.3 Å². The number of aromatic amines is 2. The van der Waals surface area contributed by atoms with Crippen molar-refractivity contribution in [3.63, 3.8) is 0 Å². The number of carbonyl (C=O) groups is 1. The normalized spacial score (nSPS) is 15.3. The first-order valence-corrected chi connectivity index (χ1v) is 11.4. The number of nitrogens with one attached hydrogen (secondary N) is 3. The van der Waals surface area contributed by atoms with Gasteiger partial charge in [-0.2, -0.15) is 22.8 Å². The van der Waals surface area contributed by atoms with E-state index < -0.39 is 30.7 Å². The number of alkyl halides is 3. The van der Waals surface area contributed by atoms with Crippen LogP contribution in [-0.4, -0.2) is 54.3 Å². The summed E-state index contributed by atoms with van der Waals surface area (Å²) in [5.74, 6) is -0.924. The summed E-state index contributed by atoms with van der Waals surface area (Å²) in [7, 11) is 0. The van der Waals surface area contributed by atoms with E-state index in [9.17, 15) is 27.9 Å². The molecule has 0 bridgehead atoms. The van der Waals surface area contributed by atoms with Crippen molar-refractivity contribution in [2.24, 2.45) is 4.99 Å². The highest BCUT2D eigenvalue weighted by Gasteiger charge is 2.27. The van der Waals surface area contributed by atoms with E-state index in [2.05, 4.69) is 30.4 Å².